The van der Waals surface area contributed by atoms with Crippen LogP contribution in [0.5, 0.6) is 0 Å². The summed E-state index contributed by atoms with van der Waals surface area (Å²) >= 11 is 0. The lowest BCUT2D eigenvalue weighted by Crippen LogP contribution is -2.42. The molecule has 3 nitrogen and oxygen atoms in total. The lowest BCUT2D eigenvalue weighted by atomic mass is 9.90. The zero-order chi connectivity index (χ0) is 14.7. The molecule has 0 amide bonds. The van der Waals surface area contributed by atoms with E-state index in [1.165, 1.54) is 11.1 Å². The van der Waals surface area contributed by atoms with Crippen molar-refractivity contribution in [1.29, 1.82) is 0 Å². The van der Waals surface area contributed by atoms with Crippen LogP contribution in [0.3, 0.4) is 0 Å². The van der Waals surface area contributed by atoms with Crippen LogP contribution in [0, 0.1) is 6.92 Å². The van der Waals surface area contributed by atoms with Crippen LogP contribution in [-0.2, 0) is 15.1 Å². The van der Waals surface area contributed by atoms with E-state index in [1.807, 2.05) is 32.9 Å². The fourth-order valence-corrected chi connectivity index (χ4v) is 2.04. The molecule has 0 unspecified atom stereocenters. The number of aryl methyl sites for hydroxylation is 1. The Kier molecular flexibility index (Phi) is 4.75. The van der Waals surface area contributed by atoms with Gasteiger partial charge in [-0.15, -0.1) is 0 Å². The number of hydrogen-bond donors (Lipinski definition) is 1. The monoisotopic (exact) mass is 263 g/mol. The van der Waals surface area contributed by atoms with Crippen molar-refractivity contribution in [3.8, 4) is 0 Å². The van der Waals surface area contributed by atoms with Gasteiger partial charge in [-0.2, -0.15) is 0 Å². The Morgan fingerprint density at radius 3 is 2.26 bits per heavy atom. The van der Waals surface area contributed by atoms with E-state index in [0.717, 1.165) is 0 Å². The van der Waals surface area contributed by atoms with E-state index in [0.29, 0.717) is 0 Å². The first kappa shape index (κ1) is 15.7. The summed E-state index contributed by atoms with van der Waals surface area (Å²) in [5, 5.41) is 3.26. The Labute approximate surface area is 116 Å². The second-order valence-corrected chi connectivity index (χ2v) is 6.38. The van der Waals surface area contributed by atoms with Gasteiger partial charge in [-0.05, 0) is 52.7 Å². The second-order valence-electron chi connectivity index (χ2n) is 6.38. The van der Waals surface area contributed by atoms with Gasteiger partial charge >= 0.3 is 5.97 Å². The molecule has 0 fully saturated rings. The molecular formula is C16H25NO2. The molecule has 0 aliphatic heterocycles. The fourth-order valence-electron chi connectivity index (χ4n) is 2.04. The van der Waals surface area contributed by atoms with Crippen LogP contribution in [0.25, 0.3) is 0 Å². The highest BCUT2D eigenvalue weighted by Crippen LogP contribution is 2.23. The summed E-state index contributed by atoms with van der Waals surface area (Å²) < 4.78 is 5.30. The van der Waals surface area contributed by atoms with Gasteiger partial charge in [-0.25, -0.2) is 0 Å². The minimum atomic E-state index is -0.439. The maximum Gasteiger partial charge on any atom is 0.320 e. The SMILES string of the molecule is Cc1ccccc1C(C)(C)NCC(=O)OC(C)(C)C. The van der Waals surface area contributed by atoms with Crippen LogP contribution < -0.4 is 5.32 Å². The van der Waals surface area contributed by atoms with E-state index in [9.17, 15) is 4.79 Å². The molecule has 0 saturated carbocycles. The maximum absolute atomic E-state index is 11.7. The van der Waals surface area contributed by atoms with Gasteiger partial charge in [-0.3, -0.25) is 10.1 Å². The average molecular weight is 263 g/mol. The van der Waals surface area contributed by atoms with Crippen molar-refractivity contribution in [3.05, 3.63) is 35.4 Å². The Morgan fingerprint density at radius 1 is 1.16 bits per heavy atom. The molecule has 1 rings (SSSR count). The molecule has 19 heavy (non-hydrogen) atoms. The Balaban J connectivity index is 2.66. The van der Waals surface area contributed by atoms with Gasteiger partial charge in [0.1, 0.15) is 5.60 Å². The molecule has 0 radical (unpaired) electrons. The van der Waals surface area contributed by atoms with Gasteiger partial charge in [-0.1, -0.05) is 24.3 Å². The van der Waals surface area contributed by atoms with Crippen LogP contribution in [0.15, 0.2) is 24.3 Å². The van der Waals surface area contributed by atoms with E-state index >= 15 is 0 Å². The molecule has 0 spiro atoms. The second kappa shape index (κ2) is 5.74. The average Bonchev–Trinajstić information content (AvgIpc) is 2.24. The van der Waals surface area contributed by atoms with E-state index < -0.39 is 5.60 Å². The van der Waals surface area contributed by atoms with E-state index in [-0.39, 0.29) is 18.1 Å². The first-order valence-electron chi connectivity index (χ1n) is 6.65. The van der Waals surface area contributed by atoms with Crippen LogP contribution in [0.1, 0.15) is 45.7 Å². The molecule has 0 aliphatic carbocycles. The standard InChI is InChI=1S/C16H25NO2/c1-12-9-7-8-10-13(12)16(5,6)17-11-14(18)19-15(2,3)4/h7-10,17H,11H2,1-6H3. The molecule has 0 bridgehead atoms. The molecule has 0 atom stereocenters. The molecule has 3 heteroatoms. The van der Waals surface area contributed by atoms with Crippen molar-refractivity contribution in [2.24, 2.45) is 0 Å². The van der Waals surface area contributed by atoms with Gasteiger partial charge in [0.2, 0.25) is 0 Å². The number of nitrogens with one attached hydrogen (secondary N) is 1. The molecule has 1 aromatic rings. The fraction of sp³-hybridized carbons (Fsp3) is 0.562. The summed E-state index contributed by atoms with van der Waals surface area (Å²) in [6, 6.07) is 8.19. The van der Waals surface area contributed by atoms with E-state index in [1.54, 1.807) is 0 Å². The van der Waals surface area contributed by atoms with Gasteiger partial charge in [0.05, 0.1) is 6.54 Å². The normalized spacial score (nSPS) is 12.3. The molecule has 0 aromatic heterocycles. The van der Waals surface area contributed by atoms with Crippen molar-refractivity contribution >= 4 is 5.97 Å². The molecule has 1 N–H and O–H groups in total. The highest BCUT2D eigenvalue weighted by molar-refractivity contribution is 5.72. The Morgan fingerprint density at radius 2 is 1.74 bits per heavy atom. The number of hydrogen-bond acceptors (Lipinski definition) is 3. The summed E-state index contributed by atoms with van der Waals surface area (Å²) in [4.78, 5) is 11.7. The zero-order valence-electron chi connectivity index (χ0n) is 12.8. The predicted molar refractivity (Wildman–Crippen MR) is 78.1 cm³/mol. The predicted octanol–water partition coefficient (Wildman–Crippen LogP) is 3.16. The summed E-state index contributed by atoms with van der Waals surface area (Å²) in [6.45, 7) is 12.0. The van der Waals surface area contributed by atoms with Crippen LogP contribution >= 0.6 is 0 Å². The highest BCUT2D eigenvalue weighted by atomic mass is 16.6. The topological polar surface area (TPSA) is 38.3 Å². The molecular weight excluding hydrogens is 238 g/mol. The molecule has 106 valence electrons. The third-order valence-corrected chi connectivity index (χ3v) is 2.91. The first-order chi connectivity index (χ1) is 8.62. The number of rotatable bonds is 4. The summed E-state index contributed by atoms with van der Waals surface area (Å²) in [5.74, 6) is -0.228. The van der Waals surface area contributed by atoms with Crippen LogP contribution in [0.2, 0.25) is 0 Å². The lowest BCUT2D eigenvalue weighted by Gasteiger charge is -2.29. The van der Waals surface area contributed by atoms with E-state index in [4.69, 9.17) is 4.74 Å². The van der Waals surface area contributed by atoms with Crippen molar-refractivity contribution in [2.75, 3.05) is 6.54 Å². The van der Waals surface area contributed by atoms with Gasteiger partial charge in [0.15, 0.2) is 0 Å². The molecule has 0 heterocycles. The van der Waals surface area contributed by atoms with Crippen molar-refractivity contribution < 1.29 is 9.53 Å². The quantitative estimate of drug-likeness (QED) is 0.848. The number of carbonyl (C=O) groups excluding carboxylic acids is 1. The van der Waals surface area contributed by atoms with E-state index in [2.05, 4.69) is 38.2 Å². The maximum atomic E-state index is 11.7. The molecule has 0 aliphatic rings. The molecule has 1 aromatic carbocycles. The summed E-state index contributed by atoms with van der Waals surface area (Å²) in [5.41, 5.74) is 1.70. The number of esters is 1. The van der Waals surface area contributed by atoms with Crippen molar-refractivity contribution in [2.45, 2.75) is 52.7 Å². The number of carbonyl (C=O) groups is 1. The van der Waals surface area contributed by atoms with Crippen LogP contribution in [0.4, 0.5) is 0 Å². The largest absolute Gasteiger partial charge is 0.459 e. The summed E-state index contributed by atoms with van der Waals surface area (Å²) in [6.07, 6.45) is 0. The lowest BCUT2D eigenvalue weighted by molar-refractivity contribution is -0.154. The minimum absolute atomic E-state index is 0.207. The third-order valence-electron chi connectivity index (χ3n) is 2.91. The highest BCUT2D eigenvalue weighted by Gasteiger charge is 2.24. The number of ether oxygens (including phenoxy) is 1. The third kappa shape index (κ3) is 5.03. The molecule has 0 saturated heterocycles. The number of benzene rings is 1. The Hall–Kier alpha value is -1.35. The zero-order valence-corrected chi connectivity index (χ0v) is 12.8. The van der Waals surface area contributed by atoms with Crippen molar-refractivity contribution in [1.82, 2.24) is 5.32 Å². The van der Waals surface area contributed by atoms with Gasteiger partial charge in [0, 0.05) is 5.54 Å². The van der Waals surface area contributed by atoms with Crippen molar-refractivity contribution in [3.63, 3.8) is 0 Å². The van der Waals surface area contributed by atoms with Crippen LogP contribution in [-0.4, -0.2) is 18.1 Å². The Bertz CT molecular complexity index is 444. The van der Waals surface area contributed by atoms with Gasteiger partial charge < -0.3 is 4.74 Å². The minimum Gasteiger partial charge on any atom is -0.459 e. The summed E-state index contributed by atoms with van der Waals surface area (Å²) in [7, 11) is 0. The first-order valence-corrected chi connectivity index (χ1v) is 6.65. The van der Waals surface area contributed by atoms with Gasteiger partial charge in [0.25, 0.3) is 0 Å². The smallest absolute Gasteiger partial charge is 0.320 e.